The molecule has 2 atom stereocenters. The van der Waals surface area contributed by atoms with Crippen LogP contribution in [0.15, 0.2) is 24.3 Å². The lowest BCUT2D eigenvalue weighted by Gasteiger charge is -2.20. The lowest BCUT2D eigenvalue weighted by molar-refractivity contribution is -0.140. The van der Waals surface area contributed by atoms with Gasteiger partial charge in [0.1, 0.15) is 6.04 Å². The smallest absolute Gasteiger partial charge is 0.326 e. The number of sulfonamides is 1. The fourth-order valence-corrected chi connectivity index (χ4v) is 2.59. The molecule has 4 N–H and O–H groups in total. The SMILES string of the molecule is CC[C@H](C)[C@H](NC(=O)c1cccc(CS(N)(=O)=O)c1)C(=O)O. The van der Waals surface area contributed by atoms with Crippen LogP contribution >= 0.6 is 0 Å². The molecule has 0 aliphatic rings. The Balaban J connectivity index is 2.93. The third kappa shape index (κ3) is 5.45. The maximum absolute atomic E-state index is 12.1. The third-order valence-electron chi connectivity index (χ3n) is 3.32. The Bertz CT molecular complexity index is 657. The van der Waals surface area contributed by atoms with E-state index in [1.54, 1.807) is 6.92 Å². The van der Waals surface area contributed by atoms with Gasteiger partial charge in [-0.15, -0.1) is 0 Å². The Hall–Kier alpha value is -1.93. The summed E-state index contributed by atoms with van der Waals surface area (Å²) in [6, 6.07) is 4.92. The average molecular weight is 328 g/mol. The second kappa shape index (κ2) is 7.37. The first-order chi connectivity index (χ1) is 10.1. The molecule has 1 amide bonds. The number of hydrogen-bond donors (Lipinski definition) is 3. The summed E-state index contributed by atoms with van der Waals surface area (Å²) in [5.74, 6) is -2.29. The maximum atomic E-state index is 12.1. The zero-order valence-electron chi connectivity index (χ0n) is 12.4. The number of hydrogen-bond acceptors (Lipinski definition) is 4. The van der Waals surface area contributed by atoms with Gasteiger partial charge in [0.05, 0.1) is 5.75 Å². The Kier molecular flexibility index (Phi) is 6.07. The fraction of sp³-hybridized carbons (Fsp3) is 0.429. The second-order valence-corrected chi connectivity index (χ2v) is 6.80. The van der Waals surface area contributed by atoms with Gasteiger partial charge < -0.3 is 10.4 Å². The molecule has 0 bridgehead atoms. The highest BCUT2D eigenvalue weighted by molar-refractivity contribution is 7.88. The minimum Gasteiger partial charge on any atom is -0.480 e. The number of amides is 1. The van der Waals surface area contributed by atoms with E-state index < -0.39 is 27.9 Å². The molecule has 0 aliphatic carbocycles. The van der Waals surface area contributed by atoms with Gasteiger partial charge in [0.15, 0.2) is 0 Å². The monoisotopic (exact) mass is 328 g/mol. The lowest BCUT2D eigenvalue weighted by atomic mass is 9.99. The van der Waals surface area contributed by atoms with Crippen LogP contribution in [0, 0.1) is 5.92 Å². The van der Waals surface area contributed by atoms with Gasteiger partial charge in [0, 0.05) is 5.56 Å². The predicted molar refractivity (Wildman–Crippen MR) is 81.6 cm³/mol. The molecular formula is C14H20N2O5S. The molecule has 0 aliphatic heterocycles. The Labute approximate surface area is 129 Å². The van der Waals surface area contributed by atoms with Crippen LogP contribution in [0.2, 0.25) is 0 Å². The van der Waals surface area contributed by atoms with Crippen molar-refractivity contribution in [3.05, 3.63) is 35.4 Å². The molecule has 0 saturated carbocycles. The quantitative estimate of drug-likeness (QED) is 0.679. The number of carboxylic acid groups (broad SMARTS) is 1. The lowest BCUT2D eigenvalue weighted by Crippen LogP contribution is -2.45. The minimum atomic E-state index is -3.70. The summed E-state index contributed by atoms with van der Waals surface area (Å²) < 4.78 is 22.2. The first kappa shape index (κ1) is 18.1. The first-order valence-corrected chi connectivity index (χ1v) is 8.48. The molecule has 122 valence electrons. The molecule has 0 spiro atoms. The fourth-order valence-electron chi connectivity index (χ4n) is 1.94. The Morgan fingerprint density at radius 2 is 2.00 bits per heavy atom. The highest BCUT2D eigenvalue weighted by Crippen LogP contribution is 2.11. The Morgan fingerprint density at radius 1 is 1.36 bits per heavy atom. The van der Waals surface area contributed by atoms with E-state index >= 15 is 0 Å². The van der Waals surface area contributed by atoms with Gasteiger partial charge in [-0.2, -0.15) is 0 Å². The molecule has 1 aromatic carbocycles. The van der Waals surface area contributed by atoms with E-state index in [0.717, 1.165) is 0 Å². The van der Waals surface area contributed by atoms with Crippen molar-refractivity contribution in [2.75, 3.05) is 0 Å². The number of aliphatic carboxylic acids is 1. The summed E-state index contributed by atoms with van der Waals surface area (Å²) in [5, 5.41) is 16.6. The van der Waals surface area contributed by atoms with Gasteiger partial charge in [-0.1, -0.05) is 32.4 Å². The normalized spacial score (nSPS) is 14.1. The van der Waals surface area contributed by atoms with Crippen molar-refractivity contribution in [2.45, 2.75) is 32.1 Å². The van der Waals surface area contributed by atoms with Crippen molar-refractivity contribution in [3.8, 4) is 0 Å². The van der Waals surface area contributed by atoms with E-state index in [1.165, 1.54) is 24.3 Å². The number of nitrogens with two attached hydrogens (primary N) is 1. The van der Waals surface area contributed by atoms with Crippen LogP contribution in [-0.2, 0) is 20.6 Å². The largest absolute Gasteiger partial charge is 0.480 e. The molecule has 1 aromatic rings. The Morgan fingerprint density at radius 3 is 2.50 bits per heavy atom. The van der Waals surface area contributed by atoms with Crippen LogP contribution in [0.1, 0.15) is 36.2 Å². The van der Waals surface area contributed by atoms with Gasteiger partial charge in [0.25, 0.3) is 5.91 Å². The second-order valence-electron chi connectivity index (χ2n) is 5.18. The van der Waals surface area contributed by atoms with Crippen LogP contribution in [0.3, 0.4) is 0 Å². The number of carbonyl (C=O) groups is 2. The van der Waals surface area contributed by atoms with E-state index in [-0.39, 0.29) is 17.2 Å². The molecule has 0 fully saturated rings. The number of rotatable bonds is 7. The highest BCUT2D eigenvalue weighted by Gasteiger charge is 2.25. The molecule has 0 aromatic heterocycles. The molecule has 0 unspecified atom stereocenters. The minimum absolute atomic E-state index is 0.190. The average Bonchev–Trinajstić information content (AvgIpc) is 2.41. The van der Waals surface area contributed by atoms with Gasteiger partial charge in [0.2, 0.25) is 10.0 Å². The van der Waals surface area contributed by atoms with E-state index in [4.69, 9.17) is 10.2 Å². The zero-order chi connectivity index (χ0) is 16.9. The van der Waals surface area contributed by atoms with Crippen molar-refractivity contribution in [2.24, 2.45) is 11.1 Å². The molecule has 22 heavy (non-hydrogen) atoms. The van der Waals surface area contributed by atoms with Crippen LogP contribution in [0.25, 0.3) is 0 Å². The van der Waals surface area contributed by atoms with Crippen molar-refractivity contribution in [1.29, 1.82) is 0 Å². The van der Waals surface area contributed by atoms with Crippen LogP contribution in [0.4, 0.5) is 0 Å². The van der Waals surface area contributed by atoms with Gasteiger partial charge in [-0.25, -0.2) is 18.4 Å². The van der Waals surface area contributed by atoms with E-state index in [9.17, 15) is 18.0 Å². The van der Waals surface area contributed by atoms with E-state index in [0.29, 0.717) is 12.0 Å². The maximum Gasteiger partial charge on any atom is 0.326 e. The van der Waals surface area contributed by atoms with Crippen molar-refractivity contribution in [1.82, 2.24) is 5.32 Å². The summed E-state index contributed by atoms with van der Waals surface area (Å²) in [5.41, 5.74) is 0.557. The molecule has 8 heteroatoms. The van der Waals surface area contributed by atoms with Gasteiger partial charge in [-0.3, -0.25) is 4.79 Å². The summed E-state index contributed by atoms with van der Waals surface area (Å²) in [7, 11) is -3.70. The van der Waals surface area contributed by atoms with E-state index in [1.807, 2.05) is 6.92 Å². The summed E-state index contributed by atoms with van der Waals surface area (Å²) in [4.78, 5) is 23.4. The van der Waals surface area contributed by atoms with Crippen LogP contribution in [-0.4, -0.2) is 31.4 Å². The number of primary sulfonamides is 1. The predicted octanol–water partition coefficient (Wildman–Crippen LogP) is 0.704. The number of carboxylic acids is 1. The first-order valence-electron chi connectivity index (χ1n) is 6.77. The standard InChI is InChI=1S/C14H20N2O5S/c1-3-9(2)12(14(18)19)16-13(17)11-6-4-5-10(7-11)8-22(15,20)21/h4-7,9,12H,3,8H2,1-2H3,(H,16,17)(H,18,19)(H2,15,20,21)/t9-,12-/m0/s1. The zero-order valence-corrected chi connectivity index (χ0v) is 13.3. The highest BCUT2D eigenvalue weighted by atomic mass is 32.2. The van der Waals surface area contributed by atoms with Crippen molar-refractivity contribution >= 4 is 21.9 Å². The summed E-state index contributed by atoms with van der Waals surface area (Å²) in [6.07, 6.45) is 0.600. The molecule has 1 rings (SSSR count). The molecule has 0 saturated heterocycles. The van der Waals surface area contributed by atoms with Gasteiger partial charge in [-0.05, 0) is 23.6 Å². The third-order valence-corrected chi connectivity index (χ3v) is 4.06. The van der Waals surface area contributed by atoms with Crippen LogP contribution < -0.4 is 10.5 Å². The summed E-state index contributed by atoms with van der Waals surface area (Å²) in [6.45, 7) is 3.57. The van der Waals surface area contributed by atoms with Crippen molar-refractivity contribution < 1.29 is 23.1 Å². The molecule has 0 heterocycles. The van der Waals surface area contributed by atoms with E-state index in [2.05, 4.69) is 5.32 Å². The summed E-state index contributed by atoms with van der Waals surface area (Å²) >= 11 is 0. The molecular weight excluding hydrogens is 308 g/mol. The number of carbonyl (C=O) groups excluding carboxylic acids is 1. The molecule has 0 radical (unpaired) electrons. The molecule has 7 nitrogen and oxygen atoms in total. The van der Waals surface area contributed by atoms with Crippen LogP contribution in [0.5, 0.6) is 0 Å². The number of nitrogens with one attached hydrogen (secondary N) is 1. The van der Waals surface area contributed by atoms with Crippen molar-refractivity contribution in [3.63, 3.8) is 0 Å². The number of benzene rings is 1. The van der Waals surface area contributed by atoms with Gasteiger partial charge >= 0.3 is 5.97 Å². The topological polar surface area (TPSA) is 127 Å².